The molecule has 2 rings (SSSR count). The van der Waals surface area contributed by atoms with E-state index in [1.54, 1.807) is 4.31 Å². The van der Waals surface area contributed by atoms with Crippen molar-refractivity contribution in [2.24, 2.45) is 0 Å². The molecule has 0 saturated carbocycles. The summed E-state index contributed by atoms with van der Waals surface area (Å²) in [5, 5.41) is 9.24. The van der Waals surface area contributed by atoms with Gasteiger partial charge in [0.2, 0.25) is 10.0 Å². The topological polar surface area (TPSA) is 60.9 Å². The third-order valence-corrected chi connectivity index (χ3v) is 5.31. The molecule has 0 aromatic heterocycles. The van der Waals surface area contributed by atoms with Crippen LogP contribution in [-0.4, -0.2) is 56.0 Å². The third kappa shape index (κ3) is 3.08. The van der Waals surface area contributed by atoms with Gasteiger partial charge in [0, 0.05) is 19.1 Å². The Kier molecular flexibility index (Phi) is 4.13. The summed E-state index contributed by atoms with van der Waals surface area (Å²) in [6.07, 6.45) is 1.80. The molecule has 1 aromatic rings. The number of likely N-dealkylation sites (N-methyl/N-ethyl adjacent to an activating group) is 1. The Morgan fingerprint density at radius 1 is 1.32 bits per heavy atom. The minimum absolute atomic E-state index is 0.0359. The van der Waals surface area contributed by atoms with Crippen LogP contribution in [0.4, 0.5) is 0 Å². The summed E-state index contributed by atoms with van der Waals surface area (Å²) in [6.45, 7) is 1.30. The molecule has 19 heavy (non-hydrogen) atoms. The van der Waals surface area contributed by atoms with E-state index in [4.69, 9.17) is 0 Å². The van der Waals surface area contributed by atoms with Crippen molar-refractivity contribution >= 4 is 10.0 Å². The van der Waals surface area contributed by atoms with Crippen molar-refractivity contribution in [2.45, 2.75) is 23.8 Å². The Labute approximate surface area is 114 Å². The van der Waals surface area contributed by atoms with Gasteiger partial charge in [0.25, 0.3) is 0 Å². The Hall–Kier alpha value is -1.11. The average molecular weight is 284 g/mol. The number of phenolic OH excluding ortho intramolecular Hbond substituents is 1. The lowest BCUT2D eigenvalue weighted by Crippen LogP contribution is -2.41. The molecule has 1 atom stereocenters. The molecule has 0 bridgehead atoms. The van der Waals surface area contributed by atoms with Crippen LogP contribution in [0.15, 0.2) is 29.2 Å². The highest BCUT2D eigenvalue weighted by Crippen LogP contribution is 2.27. The summed E-state index contributed by atoms with van der Waals surface area (Å²) in [5.41, 5.74) is 0. The number of sulfonamides is 1. The van der Waals surface area contributed by atoms with E-state index in [0.29, 0.717) is 6.54 Å². The van der Waals surface area contributed by atoms with Crippen molar-refractivity contribution in [2.75, 3.05) is 27.2 Å². The first-order chi connectivity index (χ1) is 8.91. The van der Waals surface area contributed by atoms with E-state index in [1.165, 1.54) is 24.3 Å². The second kappa shape index (κ2) is 5.48. The van der Waals surface area contributed by atoms with Gasteiger partial charge in [-0.15, -0.1) is 0 Å². The van der Waals surface area contributed by atoms with Gasteiger partial charge < -0.3 is 10.0 Å². The van der Waals surface area contributed by atoms with Crippen LogP contribution in [-0.2, 0) is 10.0 Å². The fourth-order valence-corrected chi connectivity index (χ4v) is 4.17. The Balaban J connectivity index is 2.25. The van der Waals surface area contributed by atoms with E-state index in [1.807, 2.05) is 19.0 Å². The molecule has 1 aliphatic rings. The van der Waals surface area contributed by atoms with E-state index in [2.05, 4.69) is 0 Å². The zero-order valence-corrected chi connectivity index (χ0v) is 12.1. The van der Waals surface area contributed by atoms with E-state index < -0.39 is 10.0 Å². The van der Waals surface area contributed by atoms with Crippen molar-refractivity contribution in [1.82, 2.24) is 9.21 Å². The van der Waals surface area contributed by atoms with Crippen LogP contribution >= 0.6 is 0 Å². The van der Waals surface area contributed by atoms with Gasteiger partial charge in [-0.2, -0.15) is 4.31 Å². The summed E-state index contributed by atoms with van der Waals surface area (Å²) in [7, 11) is 0.441. The van der Waals surface area contributed by atoms with E-state index in [9.17, 15) is 13.5 Å². The Morgan fingerprint density at radius 2 is 1.95 bits per heavy atom. The summed E-state index contributed by atoms with van der Waals surface area (Å²) >= 11 is 0. The molecular formula is C13H20N2O3S. The molecule has 1 aliphatic heterocycles. The molecule has 0 spiro atoms. The lowest BCUT2D eigenvalue weighted by Gasteiger charge is -2.26. The second-order valence-corrected chi connectivity index (χ2v) is 7.06. The van der Waals surface area contributed by atoms with E-state index in [0.717, 1.165) is 19.4 Å². The first kappa shape index (κ1) is 14.3. The van der Waals surface area contributed by atoms with Crippen molar-refractivity contribution in [3.63, 3.8) is 0 Å². The second-order valence-electron chi connectivity index (χ2n) is 5.17. The van der Waals surface area contributed by atoms with Crippen molar-refractivity contribution in [3.8, 4) is 5.75 Å². The first-order valence-electron chi connectivity index (χ1n) is 6.37. The fourth-order valence-electron chi connectivity index (χ4n) is 2.48. The molecule has 0 aliphatic carbocycles. The number of hydrogen-bond donors (Lipinski definition) is 1. The first-order valence-corrected chi connectivity index (χ1v) is 7.81. The number of rotatable bonds is 4. The molecule has 1 saturated heterocycles. The van der Waals surface area contributed by atoms with Crippen molar-refractivity contribution < 1.29 is 13.5 Å². The van der Waals surface area contributed by atoms with Crippen LogP contribution in [0.1, 0.15) is 12.8 Å². The highest BCUT2D eigenvalue weighted by Gasteiger charge is 2.35. The standard InChI is InChI=1S/C13H20N2O3S/c1-14(2)10-11-4-3-9-15(11)19(17,18)13-7-5-12(16)6-8-13/h5-8,11,16H,3-4,9-10H2,1-2H3. The van der Waals surface area contributed by atoms with Gasteiger partial charge in [0.05, 0.1) is 4.90 Å². The highest BCUT2D eigenvalue weighted by molar-refractivity contribution is 7.89. The molecular weight excluding hydrogens is 264 g/mol. The summed E-state index contributed by atoms with van der Waals surface area (Å²) in [5.74, 6) is 0.0743. The lowest BCUT2D eigenvalue weighted by atomic mass is 10.2. The highest BCUT2D eigenvalue weighted by atomic mass is 32.2. The number of hydrogen-bond acceptors (Lipinski definition) is 4. The molecule has 1 heterocycles. The van der Waals surface area contributed by atoms with Crippen LogP contribution in [0.2, 0.25) is 0 Å². The van der Waals surface area contributed by atoms with Crippen molar-refractivity contribution in [3.05, 3.63) is 24.3 Å². The van der Waals surface area contributed by atoms with Gasteiger partial charge in [0.1, 0.15) is 5.75 Å². The van der Waals surface area contributed by atoms with Crippen LogP contribution in [0.5, 0.6) is 5.75 Å². The van der Waals surface area contributed by atoms with Gasteiger partial charge in [-0.1, -0.05) is 0 Å². The largest absolute Gasteiger partial charge is 0.508 e. The quantitative estimate of drug-likeness (QED) is 0.899. The Bertz CT molecular complexity index is 525. The summed E-state index contributed by atoms with van der Waals surface area (Å²) < 4.78 is 26.7. The molecule has 1 fully saturated rings. The number of aromatic hydroxyl groups is 1. The van der Waals surface area contributed by atoms with E-state index >= 15 is 0 Å². The van der Waals surface area contributed by atoms with Crippen molar-refractivity contribution in [1.29, 1.82) is 0 Å². The van der Waals surface area contributed by atoms with Gasteiger partial charge in [-0.25, -0.2) is 8.42 Å². The minimum atomic E-state index is -3.45. The minimum Gasteiger partial charge on any atom is -0.508 e. The zero-order chi connectivity index (χ0) is 14.0. The van der Waals surface area contributed by atoms with Gasteiger partial charge in [0.15, 0.2) is 0 Å². The smallest absolute Gasteiger partial charge is 0.243 e. The fraction of sp³-hybridized carbons (Fsp3) is 0.538. The van der Waals surface area contributed by atoms with Gasteiger partial charge in [-0.3, -0.25) is 0 Å². The maximum Gasteiger partial charge on any atom is 0.243 e. The van der Waals surface area contributed by atoms with Gasteiger partial charge >= 0.3 is 0 Å². The number of phenols is 1. The zero-order valence-electron chi connectivity index (χ0n) is 11.3. The van der Waals surface area contributed by atoms with E-state index in [-0.39, 0.29) is 16.7 Å². The lowest BCUT2D eigenvalue weighted by molar-refractivity contribution is 0.291. The van der Waals surface area contributed by atoms with Crippen LogP contribution in [0, 0.1) is 0 Å². The average Bonchev–Trinajstić information content (AvgIpc) is 2.77. The summed E-state index contributed by atoms with van der Waals surface area (Å²) in [6, 6.07) is 5.76. The Morgan fingerprint density at radius 3 is 2.53 bits per heavy atom. The monoisotopic (exact) mass is 284 g/mol. The number of benzene rings is 1. The molecule has 0 radical (unpaired) electrons. The summed E-state index contributed by atoms with van der Waals surface area (Å²) in [4.78, 5) is 2.26. The molecule has 6 heteroatoms. The molecule has 5 nitrogen and oxygen atoms in total. The molecule has 1 unspecified atom stereocenters. The van der Waals surface area contributed by atoms with Gasteiger partial charge in [-0.05, 0) is 51.2 Å². The van der Waals surface area contributed by atoms with Crippen LogP contribution in [0.25, 0.3) is 0 Å². The molecule has 1 N–H and O–H groups in total. The maximum atomic E-state index is 12.6. The maximum absolute atomic E-state index is 12.6. The molecule has 0 amide bonds. The van der Waals surface area contributed by atoms with Crippen LogP contribution in [0.3, 0.4) is 0 Å². The SMILES string of the molecule is CN(C)CC1CCCN1S(=O)(=O)c1ccc(O)cc1. The molecule has 106 valence electrons. The number of nitrogens with zero attached hydrogens (tertiary/aromatic N) is 2. The normalized spacial score (nSPS) is 21.1. The van der Waals surface area contributed by atoms with Crippen LogP contribution < -0.4 is 0 Å². The third-order valence-electron chi connectivity index (χ3n) is 3.34. The predicted octanol–water partition coefficient (Wildman–Crippen LogP) is 1.11. The predicted molar refractivity (Wildman–Crippen MR) is 73.6 cm³/mol. The molecule has 1 aromatic carbocycles.